The minimum absolute atomic E-state index is 0.0579. The molecule has 1 amide bonds. The third-order valence-corrected chi connectivity index (χ3v) is 5.85. The first-order chi connectivity index (χ1) is 12.3. The fourth-order valence-electron chi connectivity index (χ4n) is 4.63. The maximum absolute atomic E-state index is 13.4. The molecule has 4 nitrogen and oxygen atoms in total. The van der Waals surface area contributed by atoms with Gasteiger partial charge in [-0.25, -0.2) is 0 Å². The average Bonchev–Trinajstić information content (AvgIpc) is 3.04. The SMILES string of the molecule is CCOCc1c(C(=O)N2CCCC3CCCCC32)oc2ccccc12. The molecule has 1 aromatic heterocycles. The van der Waals surface area contributed by atoms with Gasteiger partial charge in [0.25, 0.3) is 5.91 Å². The molecule has 1 saturated carbocycles. The summed E-state index contributed by atoms with van der Waals surface area (Å²) in [6, 6.07) is 8.27. The maximum Gasteiger partial charge on any atom is 0.290 e. The van der Waals surface area contributed by atoms with Gasteiger partial charge in [0.2, 0.25) is 0 Å². The van der Waals surface area contributed by atoms with E-state index in [1.54, 1.807) is 0 Å². The molecule has 25 heavy (non-hydrogen) atoms. The number of carbonyl (C=O) groups is 1. The van der Waals surface area contributed by atoms with E-state index in [-0.39, 0.29) is 5.91 Å². The largest absolute Gasteiger partial charge is 0.451 e. The van der Waals surface area contributed by atoms with Gasteiger partial charge < -0.3 is 14.1 Å². The molecular formula is C21H27NO3. The molecule has 0 N–H and O–H groups in total. The summed E-state index contributed by atoms with van der Waals surface area (Å²) in [4.78, 5) is 15.5. The Morgan fingerprint density at radius 3 is 2.88 bits per heavy atom. The minimum atomic E-state index is 0.0579. The average molecular weight is 341 g/mol. The Hall–Kier alpha value is -1.81. The quantitative estimate of drug-likeness (QED) is 0.805. The van der Waals surface area contributed by atoms with Crippen molar-refractivity contribution in [2.24, 2.45) is 5.92 Å². The monoisotopic (exact) mass is 341 g/mol. The Morgan fingerprint density at radius 2 is 2.00 bits per heavy atom. The maximum atomic E-state index is 13.4. The second-order valence-corrected chi connectivity index (χ2v) is 7.30. The molecule has 2 aliphatic rings. The predicted molar refractivity (Wildman–Crippen MR) is 97.6 cm³/mol. The van der Waals surface area contributed by atoms with Crippen LogP contribution in [0.4, 0.5) is 0 Å². The summed E-state index contributed by atoms with van der Waals surface area (Å²) in [6.45, 7) is 3.88. The van der Waals surface area contributed by atoms with Crippen LogP contribution in [0.2, 0.25) is 0 Å². The molecular weight excluding hydrogens is 314 g/mol. The zero-order valence-corrected chi connectivity index (χ0v) is 15.0. The second kappa shape index (κ2) is 7.20. The van der Waals surface area contributed by atoms with Gasteiger partial charge in [0.05, 0.1) is 6.61 Å². The summed E-state index contributed by atoms with van der Waals surface area (Å²) in [7, 11) is 0. The summed E-state index contributed by atoms with van der Waals surface area (Å²) in [5.74, 6) is 1.22. The topological polar surface area (TPSA) is 42.7 Å². The van der Waals surface area contributed by atoms with Crippen LogP contribution in [0.1, 0.15) is 61.6 Å². The highest BCUT2D eigenvalue weighted by molar-refractivity contribution is 5.99. The number of amides is 1. The molecule has 0 spiro atoms. The smallest absolute Gasteiger partial charge is 0.290 e. The highest BCUT2D eigenvalue weighted by Gasteiger charge is 2.38. The van der Waals surface area contributed by atoms with Gasteiger partial charge >= 0.3 is 0 Å². The van der Waals surface area contributed by atoms with Gasteiger partial charge in [-0.1, -0.05) is 31.0 Å². The Kier molecular flexibility index (Phi) is 4.80. The summed E-state index contributed by atoms with van der Waals surface area (Å²) in [6.07, 6.45) is 7.31. The second-order valence-electron chi connectivity index (χ2n) is 7.30. The van der Waals surface area contributed by atoms with Gasteiger partial charge in [0, 0.05) is 30.1 Å². The summed E-state index contributed by atoms with van der Waals surface area (Å²) < 4.78 is 11.7. The van der Waals surface area contributed by atoms with Crippen molar-refractivity contribution in [2.75, 3.05) is 13.2 Å². The van der Waals surface area contributed by atoms with Crippen LogP contribution in [-0.4, -0.2) is 30.0 Å². The van der Waals surface area contributed by atoms with Crippen LogP contribution in [0.15, 0.2) is 28.7 Å². The predicted octanol–water partition coefficient (Wildman–Crippen LogP) is 4.76. The molecule has 1 aliphatic heterocycles. The van der Waals surface area contributed by atoms with Crippen LogP contribution in [0.25, 0.3) is 11.0 Å². The molecule has 1 saturated heterocycles. The molecule has 4 heteroatoms. The van der Waals surface area contributed by atoms with Gasteiger partial charge in [0.15, 0.2) is 5.76 Å². The first kappa shape index (κ1) is 16.6. The summed E-state index contributed by atoms with van der Waals surface area (Å²) in [5.41, 5.74) is 1.68. The first-order valence-corrected chi connectivity index (χ1v) is 9.68. The third kappa shape index (κ3) is 3.08. The van der Waals surface area contributed by atoms with Crippen LogP contribution in [0, 0.1) is 5.92 Å². The van der Waals surface area contributed by atoms with Crippen molar-refractivity contribution in [2.45, 2.75) is 58.1 Å². The van der Waals surface area contributed by atoms with Crippen LogP contribution < -0.4 is 0 Å². The van der Waals surface area contributed by atoms with Gasteiger partial charge in [-0.15, -0.1) is 0 Å². The van der Waals surface area contributed by atoms with Gasteiger partial charge in [0.1, 0.15) is 5.58 Å². The fourth-order valence-corrected chi connectivity index (χ4v) is 4.63. The standard InChI is InChI=1S/C21H27NO3/c1-2-24-14-17-16-10-4-6-12-19(16)25-20(17)21(23)22-13-7-9-15-8-3-5-11-18(15)22/h4,6,10,12,15,18H,2-3,5,7-9,11,13-14H2,1H3. The lowest BCUT2D eigenvalue weighted by molar-refractivity contribution is 0.0358. The van der Waals surface area contributed by atoms with Crippen molar-refractivity contribution in [3.8, 4) is 0 Å². The molecule has 2 aromatic rings. The Labute approximate surface area is 149 Å². The first-order valence-electron chi connectivity index (χ1n) is 9.68. The highest BCUT2D eigenvalue weighted by atomic mass is 16.5. The zero-order chi connectivity index (χ0) is 17.2. The molecule has 134 valence electrons. The number of hydrogen-bond acceptors (Lipinski definition) is 3. The lowest BCUT2D eigenvalue weighted by atomic mass is 9.78. The van der Waals surface area contributed by atoms with Crippen molar-refractivity contribution in [1.29, 1.82) is 0 Å². The lowest BCUT2D eigenvalue weighted by Crippen LogP contribution is -2.49. The number of ether oxygens (including phenoxy) is 1. The summed E-state index contributed by atoms with van der Waals surface area (Å²) in [5, 5.41) is 0.997. The number of nitrogens with zero attached hydrogens (tertiary/aromatic N) is 1. The van der Waals surface area contributed by atoms with Gasteiger partial charge in [-0.3, -0.25) is 4.79 Å². The van der Waals surface area contributed by atoms with E-state index in [0.29, 0.717) is 30.9 Å². The number of likely N-dealkylation sites (tertiary alicyclic amines) is 1. The number of hydrogen-bond donors (Lipinski definition) is 0. The fraction of sp³-hybridized carbons (Fsp3) is 0.571. The molecule has 2 fully saturated rings. The van der Waals surface area contributed by atoms with E-state index in [4.69, 9.17) is 9.15 Å². The van der Waals surface area contributed by atoms with Crippen LogP contribution >= 0.6 is 0 Å². The normalized spacial score (nSPS) is 23.6. The number of carbonyl (C=O) groups excluding carboxylic acids is 1. The molecule has 2 unspecified atom stereocenters. The number of fused-ring (bicyclic) bond motifs is 2. The Balaban J connectivity index is 1.69. The summed E-state index contributed by atoms with van der Waals surface area (Å²) >= 11 is 0. The van der Waals surface area contributed by atoms with E-state index in [1.807, 2.05) is 31.2 Å². The number of benzene rings is 1. The van der Waals surface area contributed by atoms with E-state index in [2.05, 4.69) is 4.90 Å². The Morgan fingerprint density at radius 1 is 1.20 bits per heavy atom. The van der Waals surface area contributed by atoms with E-state index >= 15 is 0 Å². The third-order valence-electron chi connectivity index (χ3n) is 5.85. The molecule has 2 atom stereocenters. The van der Waals surface area contributed by atoms with Gasteiger partial charge in [-0.05, 0) is 44.6 Å². The lowest BCUT2D eigenvalue weighted by Gasteiger charge is -2.43. The number of rotatable bonds is 4. The minimum Gasteiger partial charge on any atom is -0.451 e. The number of piperidine rings is 1. The van der Waals surface area contributed by atoms with E-state index in [9.17, 15) is 4.79 Å². The molecule has 2 heterocycles. The van der Waals surface area contributed by atoms with Crippen LogP contribution in [0.5, 0.6) is 0 Å². The number of para-hydroxylation sites is 1. The van der Waals surface area contributed by atoms with E-state index in [0.717, 1.165) is 35.9 Å². The Bertz CT molecular complexity index is 749. The van der Waals surface area contributed by atoms with E-state index < -0.39 is 0 Å². The zero-order valence-electron chi connectivity index (χ0n) is 15.0. The van der Waals surface area contributed by atoms with Crippen molar-refractivity contribution in [1.82, 2.24) is 4.90 Å². The molecule has 0 radical (unpaired) electrons. The highest BCUT2D eigenvalue weighted by Crippen LogP contribution is 2.37. The number of furan rings is 1. The van der Waals surface area contributed by atoms with E-state index in [1.165, 1.54) is 25.7 Å². The van der Waals surface area contributed by atoms with Crippen molar-refractivity contribution >= 4 is 16.9 Å². The van der Waals surface area contributed by atoms with Crippen LogP contribution in [-0.2, 0) is 11.3 Å². The van der Waals surface area contributed by atoms with Gasteiger partial charge in [-0.2, -0.15) is 0 Å². The molecule has 0 bridgehead atoms. The molecule has 1 aliphatic carbocycles. The molecule has 4 rings (SSSR count). The van der Waals surface area contributed by atoms with Crippen molar-refractivity contribution in [3.05, 3.63) is 35.6 Å². The van der Waals surface area contributed by atoms with Crippen LogP contribution in [0.3, 0.4) is 0 Å². The van der Waals surface area contributed by atoms with Crippen molar-refractivity contribution in [3.63, 3.8) is 0 Å². The molecule has 1 aromatic carbocycles. The van der Waals surface area contributed by atoms with Crippen molar-refractivity contribution < 1.29 is 13.9 Å².